The van der Waals surface area contributed by atoms with Crippen molar-refractivity contribution >= 4 is 22.5 Å². The van der Waals surface area contributed by atoms with Crippen LogP contribution in [0.15, 0.2) is 30.3 Å². The van der Waals surface area contributed by atoms with Crippen molar-refractivity contribution in [3.8, 4) is 12.1 Å². The molecule has 0 atom stereocenters. The lowest BCUT2D eigenvalue weighted by Crippen LogP contribution is -2.62. The molecule has 0 amide bonds. The molecule has 1 aromatic carbocycles. The molecule has 1 saturated heterocycles. The minimum atomic E-state index is -0.959. The number of imidazole rings is 1. The van der Waals surface area contributed by atoms with Crippen LogP contribution in [-0.2, 0) is 0 Å². The summed E-state index contributed by atoms with van der Waals surface area (Å²) < 4.78 is 1.97. The number of β-amino-alcohol motifs (C(OH)–C–C–N with tert-alkyl or cyclic N) is 1. The van der Waals surface area contributed by atoms with Gasteiger partial charge in [0.2, 0.25) is 0 Å². The molecule has 1 fully saturated rings. The Balaban J connectivity index is 1.94. The second-order valence-electron chi connectivity index (χ2n) is 6.35. The smallest absolute Gasteiger partial charge is 0.157 e. The van der Waals surface area contributed by atoms with E-state index in [1.165, 1.54) is 0 Å². The molecule has 0 saturated carbocycles. The van der Waals surface area contributed by atoms with E-state index >= 15 is 0 Å². The number of hydrogen-bond donors (Lipinski definition) is 1. The lowest BCUT2D eigenvalue weighted by Gasteiger charge is -2.46. The van der Waals surface area contributed by atoms with Gasteiger partial charge in [0.25, 0.3) is 0 Å². The van der Waals surface area contributed by atoms with Gasteiger partial charge < -0.3 is 10.0 Å². The molecule has 1 aliphatic rings. The molecule has 118 valence electrons. The van der Waals surface area contributed by atoms with E-state index in [2.05, 4.69) is 11.1 Å². The Kier molecular flexibility index (Phi) is 2.99. The summed E-state index contributed by atoms with van der Waals surface area (Å²) in [5, 5.41) is 28.6. The van der Waals surface area contributed by atoms with Gasteiger partial charge in [-0.3, -0.25) is 4.40 Å². The first-order valence-corrected chi connectivity index (χ1v) is 7.71. The Labute approximate surface area is 138 Å². The molecule has 0 radical (unpaired) electrons. The van der Waals surface area contributed by atoms with E-state index in [4.69, 9.17) is 5.26 Å². The number of aliphatic hydroxyl groups is 1. The van der Waals surface area contributed by atoms with Crippen LogP contribution >= 0.6 is 0 Å². The highest BCUT2D eigenvalue weighted by molar-refractivity contribution is 5.85. The lowest BCUT2D eigenvalue weighted by atomic mass is 9.91. The van der Waals surface area contributed by atoms with Crippen LogP contribution in [0, 0.1) is 29.6 Å². The molecule has 3 heterocycles. The van der Waals surface area contributed by atoms with Crippen molar-refractivity contribution in [1.29, 1.82) is 10.5 Å². The molecule has 1 aliphatic heterocycles. The highest BCUT2D eigenvalue weighted by atomic mass is 16.3. The summed E-state index contributed by atoms with van der Waals surface area (Å²) in [5.41, 5.74) is 2.83. The first-order chi connectivity index (χ1) is 11.6. The van der Waals surface area contributed by atoms with Gasteiger partial charge in [0.15, 0.2) is 5.65 Å². The van der Waals surface area contributed by atoms with Gasteiger partial charge >= 0.3 is 0 Å². The molecule has 0 spiro atoms. The zero-order valence-corrected chi connectivity index (χ0v) is 13.2. The summed E-state index contributed by atoms with van der Waals surface area (Å²) in [5.74, 6) is 0.887. The molecular weight excluding hydrogens is 302 g/mol. The van der Waals surface area contributed by atoms with Crippen LogP contribution in [-0.4, -0.2) is 33.2 Å². The van der Waals surface area contributed by atoms with E-state index in [9.17, 15) is 10.4 Å². The van der Waals surface area contributed by atoms with Crippen LogP contribution in [0.4, 0.5) is 5.82 Å². The fraction of sp³-hybridized carbons (Fsp3) is 0.278. The monoisotopic (exact) mass is 317 g/mol. The van der Waals surface area contributed by atoms with Gasteiger partial charge in [-0.15, -0.1) is 0 Å². The molecule has 0 bridgehead atoms. The molecule has 3 aromatic rings. The second-order valence-corrected chi connectivity index (χ2v) is 6.35. The van der Waals surface area contributed by atoms with Gasteiger partial charge in [0, 0.05) is 0 Å². The van der Waals surface area contributed by atoms with Crippen molar-refractivity contribution < 1.29 is 5.11 Å². The molecule has 2 aromatic heterocycles. The number of hydrogen-bond acceptors (Lipinski definition) is 5. The molecule has 6 heteroatoms. The summed E-state index contributed by atoms with van der Waals surface area (Å²) in [6.45, 7) is 2.68. The average Bonchev–Trinajstić information content (AvgIpc) is 2.91. The summed E-state index contributed by atoms with van der Waals surface area (Å²) in [6, 6.07) is 14.0. The standard InChI is InChI=1S/C18H15N5O/c1-12-8-16(22-10-18(24,11-22)6-7-19)23-15-5-3-2-4-14(15)21-17(23)13(12)9-20/h2-5,8,24H,6,10-11H2,1H3. The summed E-state index contributed by atoms with van der Waals surface area (Å²) >= 11 is 0. The maximum absolute atomic E-state index is 10.3. The zero-order valence-electron chi connectivity index (χ0n) is 13.2. The van der Waals surface area contributed by atoms with E-state index in [-0.39, 0.29) is 6.42 Å². The molecule has 0 aliphatic carbocycles. The second kappa shape index (κ2) is 4.95. The Hall–Kier alpha value is -3.09. The van der Waals surface area contributed by atoms with E-state index < -0.39 is 5.60 Å². The summed E-state index contributed by atoms with van der Waals surface area (Å²) in [6.07, 6.45) is 0.118. The molecule has 1 N–H and O–H groups in total. The van der Waals surface area contributed by atoms with Crippen LogP contribution in [0.1, 0.15) is 17.5 Å². The van der Waals surface area contributed by atoms with Gasteiger partial charge in [-0.05, 0) is 30.7 Å². The molecular formula is C18H15N5O. The van der Waals surface area contributed by atoms with Crippen LogP contribution in [0.2, 0.25) is 0 Å². The van der Waals surface area contributed by atoms with E-state index in [1.54, 1.807) is 0 Å². The average molecular weight is 317 g/mol. The molecule has 24 heavy (non-hydrogen) atoms. The first-order valence-electron chi connectivity index (χ1n) is 7.71. The lowest BCUT2D eigenvalue weighted by molar-refractivity contribution is 0.0161. The number of fused-ring (bicyclic) bond motifs is 3. The number of aryl methyl sites for hydroxylation is 1. The molecule has 6 nitrogen and oxygen atoms in total. The summed E-state index contributed by atoms with van der Waals surface area (Å²) in [4.78, 5) is 6.64. The number of para-hydroxylation sites is 2. The number of rotatable bonds is 2. The van der Waals surface area contributed by atoms with Crippen molar-refractivity contribution in [1.82, 2.24) is 9.38 Å². The predicted octanol–water partition coefficient (Wildman–Crippen LogP) is 2.13. The van der Waals surface area contributed by atoms with Crippen molar-refractivity contribution in [2.45, 2.75) is 18.9 Å². The van der Waals surface area contributed by atoms with Crippen molar-refractivity contribution in [3.05, 3.63) is 41.5 Å². The summed E-state index contributed by atoms with van der Waals surface area (Å²) in [7, 11) is 0. The maximum Gasteiger partial charge on any atom is 0.157 e. The highest BCUT2D eigenvalue weighted by Crippen LogP contribution is 2.34. The third-order valence-electron chi connectivity index (χ3n) is 4.57. The highest BCUT2D eigenvalue weighted by Gasteiger charge is 2.42. The number of benzene rings is 1. The normalized spacial score (nSPS) is 15.9. The van der Waals surface area contributed by atoms with Crippen molar-refractivity contribution in [2.75, 3.05) is 18.0 Å². The Morgan fingerprint density at radius 2 is 2.04 bits per heavy atom. The number of anilines is 1. The fourth-order valence-electron chi connectivity index (χ4n) is 3.39. The van der Waals surface area contributed by atoms with Gasteiger partial charge in [-0.25, -0.2) is 4.98 Å². The predicted molar refractivity (Wildman–Crippen MR) is 89.5 cm³/mol. The zero-order chi connectivity index (χ0) is 16.9. The van der Waals surface area contributed by atoms with Gasteiger partial charge in [-0.1, -0.05) is 12.1 Å². The Morgan fingerprint density at radius 1 is 1.29 bits per heavy atom. The van der Waals surface area contributed by atoms with Gasteiger partial charge in [-0.2, -0.15) is 10.5 Å². The number of pyridine rings is 1. The topological polar surface area (TPSA) is 88.3 Å². The maximum atomic E-state index is 10.3. The minimum Gasteiger partial charge on any atom is -0.385 e. The number of nitrogens with zero attached hydrogens (tertiary/aromatic N) is 5. The van der Waals surface area contributed by atoms with Gasteiger partial charge in [0.05, 0.1) is 42.2 Å². The van der Waals surface area contributed by atoms with Crippen LogP contribution in [0.25, 0.3) is 16.7 Å². The third-order valence-corrected chi connectivity index (χ3v) is 4.57. The van der Waals surface area contributed by atoms with E-state index in [1.807, 2.05) is 52.6 Å². The van der Waals surface area contributed by atoms with Crippen molar-refractivity contribution in [3.63, 3.8) is 0 Å². The SMILES string of the molecule is Cc1cc(N2CC(O)(CC#N)C2)n2c(nc3ccccc32)c1C#N. The largest absolute Gasteiger partial charge is 0.385 e. The number of nitriles is 2. The molecule has 4 rings (SSSR count). The van der Waals surface area contributed by atoms with Crippen LogP contribution in [0.5, 0.6) is 0 Å². The van der Waals surface area contributed by atoms with Crippen LogP contribution in [0.3, 0.4) is 0 Å². The Bertz CT molecular complexity index is 1050. The minimum absolute atomic E-state index is 0.118. The van der Waals surface area contributed by atoms with Gasteiger partial charge in [0.1, 0.15) is 17.5 Å². The van der Waals surface area contributed by atoms with E-state index in [0.717, 1.165) is 22.4 Å². The molecule has 0 unspecified atom stereocenters. The van der Waals surface area contributed by atoms with Crippen LogP contribution < -0.4 is 4.90 Å². The third kappa shape index (κ3) is 1.94. The Morgan fingerprint density at radius 3 is 2.75 bits per heavy atom. The first kappa shape index (κ1) is 14.5. The van der Waals surface area contributed by atoms with E-state index in [0.29, 0.717) is 24.3 Å². The fourth-order valence-corrected chi connectivity index (χ4v) is 3.39. The quantitative estimate of drug-likeness (QED) is 0.782. The number of aromatic nitrogens is 2. The van der Waals surface area contributed by atoms with Crippen molar-refractivity contribution in [2.24, 2.45) is 0 Å².